The second-order valence-electron chi connectivity index (χ2n) is 2.71. The third-order valence-corrected chi connectivity index (χ3v) is 2.30. The zero-order valence-electron chi connectivity index (χ0n) is 7.51. The number of nitrogens with zero attached hydrogens (tertiary/aromatic N) is 3. The van der Waals surface area contributed by atoms with E-state index in [0.29, 0.717) is 10.4 Å². The van der Waals surface area contributed by atoms with Crippen LogP contribution in [0.3, 0.4) is 0 Å². The van der Waals surface area contributed by atoms with Crippen LogP contribution in [0.25, 0.3) is 11.0 Å². The summed E-state index contributed by atoms with van der Waals surface area (Å²) in [6.45, 7) is 0. The maximum atomic E-state index is 12.0. The Morgan fingerprint density at radius 1 is 1.31 bits per heavy atom. The van der Waals surface area contributed by atoms with Crippen molar-refractivity contribution < 1.29 is 21.7 Å². The Labute approximate surface area is 89.4 Å². The predicted molar refractivity (Wildman–Crippen MR) is 48.3 cm³/mol. The molecule has 0 spiro atoms. The van der Waals surface area contributed by atoms with Crippen molar-refractivity contribution in [2.24, 2.45) is 0 Å². The highest BCUT2D eigenvalue weighted by molar-refractivity contribution is 7.81. The average Bonchev–Trinajstić information content (AvgIpc) is 2.61. The molecule has 0 amide bonds. The molecule has 16 heavy (non-hydrogen) atoms. The van der Waals surface area contributed by atoms with Gasteiger partial charge in [-0.1, -0.05) is 17.0 Å². The molecule has 0 saturated heterocycles. The first-order chi connectivity index (χ1) is 7.48. The van der Waals surface area contributed by atoms with E-state index in [9.17, 15) is 17.4 Å². The first-order valence-corrected chi connectivity index (χ1v) is 5.04. The van der Waals surface area contributed by atoms with Crippen molar-refractivity contribution in [1.82, 2.24) is 15.2 Å². The molecule has 5 nitrogen and oxygen atoms in total. The van der Waals surface area contributed by atoms with Crippen LogP contribution in [0, 0.1) is 0 Å². The van der Waals surface area contributed by atoms with Gasteiger partial charge in [0.05, 0.1) is 0 Å². The number of aromatic nitrogens is 3. The molecule has 2 aromatic rings. The third-order valence-electron chi connectivity index (χ3n) is 1.65. The smallest absolute Gasteiger partial charge is 0.282 e. The highest BCUT2D eigenvalue weighted by atomic mass is 32.2. The van der Waals surface area contributed by atoms with Crippen LogP contribution in [0.1, 0.15) is 0 Å². The Morgan fingerprint density at radius 2 is 2.00 bits per heavy atom. The van der Waals surface area contributed by atoms with E-state index >= 15 is 0 Å². The van der Waals surface area contributed by atoms with Crippen molar-refractivity contribution in [2.75, 3.05) is 0 Å². The number of benzene rings is 1. The van der Waals surface area contributed by atoms with Crippen molar-refractivity contribution in [3.05, 3.63) is 24.3 Å². The molecule has 1 atom stereocenters. The van der Waals surface area contributed by atoms with E-state index in [-0.39, 0.29) is 5.52 Å². The summed E-state index contributed by atoms with van der Waals surface area (Å²) >= 11 is -3.46. The standard InChI is InChI=1S/C7H4F3N3O2S/c8-7(9,10)16(14)15-13-6-4-2-1-3-5(6)11-12-13/h1-4H. The van der Waals surface area contributed by atoms with Gasteiger partial charge in [-0.3, -0.25) is 4.28 Å². The minimum absolute atomic E-state index is 0.208. The van der Waals surface area contributed by atoms with Crippen LogP contribution in [0.5, 0.6) is 0 Å². The first kappa shape index (κ1) is 10.9. The monoisotopic (exact) mass is 251 g/mol. The number of rotatable bonds is 2. The van der Waals surface area contributed by atoms with E-state index in [1.807, 2.05) is 0 Å². The molecule has 1 aromatic heterocycles. The van der Waals surface area contributed by atoms with Gasteiger partial charge in [0.2, 0.25) is 0 Å². The Morgan fingerprint density at radius 3 is 2.69 bits per heavy atom. The van der Waals surface area contributed by atoms with Gasteiger partial charge in [0, 0.05) is 0 Å². The summed E-state index contributed by atoms with van der Waals surface area (Å²) in [7, 11) is 0. The van der Waals surface area contributed by atoms with Gasteiger partial charge in [-0.15, -0.1) is 5.10 Å². The molecule has 1 aromatic carbocycles. The highest BCUT2D eigenvalue weighted by Gasteiger charge is 2.41. The molecule has 1 heterocycles. The van der Waals surface area contributed by atoms with Gasteiger partial charge in [-0.25, -0.2) is 4.21 Å². The Bertz CT molecular complexity index is 539. The number of fused-ring (bicyclic) bond motifs is 1. The zero-order valence-corrected chi connectivity index (χ0v) is 8.33. The lowest BCUT2D eigenvalue weighted by Gasteiger charge is -2.05. The second kappa shape index (κ2) is 3.74. The van der Waals surface area contributed by atoms with Crippen molar-refractivity contribution in [2.45, 2.75) is 5.51 Å². The molecular formula is C7H4F3N3O2S. The summed E-state index contributed by atoms with van der Waals surface area (Å²) in [6, 6.07) is 6.20. The number of hydrogen-bond donors (Lipinski definition) is 0. The summed E-state index contributed by atoms with van der Waals surface area (Å²) in [5, 5.41) is 6.84. The molecule has 9 heteroatoms. The molecule has 0 bridgehead atoms. The molecule has 0 radical (unpaired) electrons. The van der Waals surface area contributed by atoms with E-state index in [1.165, 1.54) is 6.07 Å². The Hall–Kier alpha value is -1.64. The Kier molecular flexibility index (Phi) is 2.54. The summed E-state index contributed by atoms with van der Waals surface area (Å²) < 4.78 is 50.6. The van der Waals surface area contributed by atoms with Crippen LogP contribution in [-0.2, 0) is 11.1 Å². The lowest BCUT2D eigenvalue weighted by molar-refractivity contribution is -0.0482. The minimum Gasteiger partial charge on any atom is -0.282 e. The van der Waals surface area contributed by atoms with Crippen molar-refractivity contribution >= 4 is 22.1 Å². The van der Waals surface area contributed by atoms with Gasteiger partial charge in [0.15, 0.2) is 0 Å². The summed E-state index contributed by atoms with van der Waals surface area (Å²) in [4.78, 5) is 0.485. The Balaban J connectivity index is 2.32. The molecule has 0 aliphatic rings. The van der Waals surface area contributed by atoms with E-state index < -0.39 is 16.6 Å². The maximum absolute atomic E-state index is 12.0. The highest BCUT2D eigenvalue weighted by Crippen LogP contribution is 2.19. The number of alkyl halides is 3. The molecule has 0 aliphatic carbocycles. The number of para-hydroxylation sites is 1. The van der Waals surface area contributed by atoms with Crippen LogP contribution in [-0.4, -0.2) is 24.9 Å². The van der Waals surface area contributed by atoms with Crippen LogP contribution in [0.2, 0.25) is 0 Å². The average molecular weight is 251 g/mol. The quantitative estimate of drug-likeness (QED) is 0.800. The molecule has 1 unspecified atom stereocenters. The predicted octanol–water partition coefficient (Wildman–Crippen LogP) is 1.04. The fraction of sp³-hybridized carbons (Fsp3) is 0.143. The molecule has 0 saturated carbocycles. The molecule has 2 rings (SSSR count). The maximum Gasteiger partial charge on any atom is 0.510 e. The topological polar surface area (TPSA) is 57.0 Å². The van der Waals surface area contributed by atoms with Crippen molar-refractivity contribution in [3.8, 4) is 0 Å². The summed E-state index contributed by atoms with van der Waals surface area (Å²) in [5.74, 6) is 0. The zero-order chi connectivity index (χ0) is 11.8. The van der Waals surface area contributed by atoms with Crippen LogP contribution in [0.15, 0.2) is 24.3 Å². The van der Waals surface area contributed by atoms with E-state index in [2.05, 4.69) is 14.6 Å². The molecule has 0 N–H and O–H groups in total. The van der Waals surface area contributed by atoms with Gasteiger partial charge < -0.3 is 0 Å². The lowest BCUT2D eigenvalue weighted by atomic mass is 10.3. The van der Waals surface area contributed by atoms with Gasteiger partial charge in [0.25, 0.3) is 0 Å². The van der Waals surface area contributed by atoms with Gasteiger partial charge in [-0.2, -0.15) is 13.2 Å². The molecule has 0 aliphatic heterocycles. The lowest BCUT2D eigenvalue weighted by Crippen LogP contribution is -2.27. The van der Waals surface area contributed by atoms with E-state index in [0.717, 1.165) is 0 Å². The van der Waals surface area contributed by atoms with Crippen LogP contribution in [0.4, 0.5) is 13.2 Å². The van der Waals surface area contributed by atoms with Crippen LogP contribution >= 0.6 is 0 Å². The summed E-state index contributed by atoms with van der Waals surface area (Å²) in [5.41, 5.74) is -4.39. The second-order valence-corrected chi connectivity index (χ2v) is 3.79. The number of hydrogen-bond acceptors (Lipinski definition) is 4. The molecule has 86 valence electrons. The van der Waals surface area contributed by atoms with Crippen LogP contribution < -0.4 is 4.28 Å². The van der Waals surface area contributed by atoms with Crippen molar-refractivity contribution in [3.63, 3.8) is 0 Å². The molecule has 0 fully saturated rings. The van der Waals surface area contributed by atoms with Crippen molar-refractivity contribution in [1.29, 1.82) is 0 Å². The summed E-state index contributed by atoms with van der Waals surface area (Å²) in [6.07, 6.45) is 0. The largest absolute Gasteiger partial charge is 0.510 e. The minimum atomic E-state index is -4.95. The fourth-order valence-corrected chi connectivity index (χ4v) is 1.33. The number of halogens is 3. The van der Waals surface area contributed by atoms with Gasteiger partial charge >= 0.3 is 16.6 Å². The van der Waals surface area contributed by atoms with E-state index in [1.54, 1.807) is 18.2 Å². The SMILES string of the molecule is O=S(On1nnc2ccccc21)C(F)(F)F. The van der Waals surface area contributed by atoms with Gasteiger partial charge in [0.1, 0.15) is 11.0 Å². The first-order valence-electron chi connectivity index (χ1n) is 3.96. The fourth-order valence-electron chi connectivity index (χ4n) is 1.01. The molecular weight excluding hydrogens is 247 g/mol. The van der Waals surface area contributed by atoms with Gasteiger partial charge in [-0.05, 0) is 17.3 Å². The normalized spacial score (nSPS) is 13.9. The van der Waals surface area contributed by atoms with E-state index in [4.69, 9.17) is 0 Å². The third kappa shape index (κ3) is 1.98.